The molecule has 2 rings (SSSR count). The van der Waals surface area contributed by atoms with Gasteiger partial charge in [0, 0.05) is 6.54 Å². The fourth-order valence-electron chi connectivity index (χ4n) is 1.17. The third-order valence-electron chi connectivity index (χ3n) is 1.87. The van der Waals surface area contributed by atoms with Crippen LogP contribution in [0, 0.1) is 0 Å². The highest BCUT2D eigenvalue weighted by molar-refractivity contribution is 5.67. The number of nitrogen functional groups attached to an aromatic ring is 1. The zero-order valence-electron chi connectivity index (χ0n) is 7.23. The second-order valence-corrected chi connectivity index (χ2v) is 2.64. The number of anilines is 1. The third-order valence-corrected chi connectivity index (χ3v) is 1.87. The lowest BCUT2D eigenvalue weighted by atomic mass is 10.3. The fourth-order valence-corrected chi connectivity index (χ4v) is 1.17. The Morgan fingerprint density at radius 1 is 1.62 bits per heavy atom. The van der Waals surface area contributed by atoms with E-state index in [-0.39, 0.29) is 0 Å². The molecule has 0 aliphatic rings. The molecule has 0 aliphatic heterocycles. The number of aromatic amines is 1. The lowest BCUT2D eigenvalue weighted by Gasteiger charge is -2.00. The molecule has 0 saturated heterocycles. The second-order valence-electron chi connectivity index (χ2n) is 2.64. The number of H-pyrrole nitrogens is 1. The standard InChI is InChI=1S/C7H10N6/c1-2-13-4-10-12-7(13)5-3-9-11-6(5)8/h3-4H,2H2,1H3,(H3,8,9,11). The van der Waals surface area contributed by atoms with Gasteiger partial charge in [-0.1, -0.05) is 0 Å². The van der Waals surface area contributed by atoms with Crippen molar-refractivity contribution in [3.63, 3.8) is 0 Å². The number of nitrogens with two attached hydrogens (primary N) is 1. The van der Waals surface area contributed by atoms with E-state index >= 15 is 0 Å². The number of nitrogens with one attached hydrogen (secondary N) is 1. The van der Waals surface area contributed by atoms with Crippen LogP contribution in [-0.4, -0.2) is 25.0 Å². The maximum absolute atomic E-state index is 5.66. The first kappa shape index (κ1) is 7.78. The number of hydrogen-bond acceptors (Lipinski definition) is 4. The Morgan fingerprint density at radius 3 is 3.08 bits per heavy atom. The van der Waals surface area contributed by atoms with Gasteiger partial charge >= 0.3 is 0 Å². The number of nitrogens with zero attached hydrogens (tertiary/aromatic N) is 4. The average molecular weight is 178 g/mol. The van der Waals surface area contributed by atoms with E-state index in [1.165, 1.54) is 0 Å². The molecule has 0 fully saturated rings. The van der Waals surface area contributed by atoms with Gasteiger partial charge in [0.2, 0.25) is 0 Å². The Kier molecular flexibility index (Phi) is 1.73. The van der Waals surface area contributed by atoms with Gasteiger partial charge in [0.25, 0.3) is 0 Å². The van der Waals surface area contributed by atoms with E-state index < -0.39 is 0 Å². The Hall–Kier alpha value is -1.85. The summed E-state index contributed by atoms with van der Waals surface area (Å²) in [6.45, 7) is 2.83. The van der Waals surface area contributed by atoms with Crippen molar-refractivity contribution >= 4 is 5.82 Å². The quantitative estimate of drug-likeness (QED) is 0.691. The topological polar surface area (TPSA) is 85.4 Å². The van der Waals surface area contributed by atoms with Crippen LogP contribution < -0.4 is 5.73 Å². The van der Waals surface area contributed by atoms with Gasteiger partial charge < -0.3 is 10.3 Å². The molecule has 68 valence electrons. The summed E-state index contributed by atoms with van der Waals surface area (Å²) in [5, 5.41) is 14.2. The van der Waals surface area contributed by atoms with E-state index in [0.29, 0.717) is 5.82 Å². The summed E-state index contributed by atoms with van der Waals surface area (Å²) in [5.41, 5.74) is 6.45. The first-order valence-electron chi connectivity index (χ1n) is 4.00. The SMILES string of the molecule is CCn1cnnc1-c1cn[nH]c1N. The van der Waals surface area contributed by atoms with Crippen LogP contribution in [-0.2, 0) is 6.54 Å². The summed E-state index contributed by atoms with van der Waals surface area (Å²) >= 11 is 0. The van der Waals surface area contributed by atoms with Crippen LogP contribution in [0.1, 0.15) is 6.92 Å². The molecule has 13 heavy (non-hydrogen) atoms. The smallest absolute Gasteiger partial charge is 0.169 e. The molecule has 6 heteroatoms. The van der Waals surface area contributed by atoms with Crippen LogP contribution in [0.5, 0.6) is 0 Å². The molecule has 2 aromatic rings. The minimum absolute atomic E-state index is 0.516. The highest BCUT2D eigenvalue weighted by Gasteiger charge is 2.10. The number of aryl methyl sites for hydroxylation is 1. The number of hydrogen-bond donors (Lipinski definition) is 2. The van der Waals surface area contributed by atoms with Crippen LogP contribution in [0.3, 0.4) is 0 Å². The Labute approximate surface area is 74.8 Å². The number of rotatable bonds is 2. The molecule has 0 spiro atoms. The number of aromatic nitrogens is 5. The van der Waals surface area contributed by atoms with Gasteiger partial charge in [-0.15, -0.1) is 10.2 Å². The van der Waals surface area contributed by atoms with Crippen molar-refractivity contribution in [1.29, 1.82) is 0 Å². The molecule has 0 aromatic carbocycles. The molecule has 0 bridgehead atoms. The first-order valence-corrected chi connectivity index (χ1v) is 4.00. The van der Waals surface area contributed by atoms with Crippen molar-refractivity contribution in [2.45, 2.75) is 13.5 Å². The van der Waals surface area contributed by atoms with Gasteiger partial charge in [-0.05, 0) is 6.92 Å². The van der Waals surface area contributed by atoms with E-state index in [9.17, 15) is 0 Å². The molecule has 0 unspecified atom stereocenters. The fraction of sp³-hybridized carbons (Fsp3) is 0.286. The van der Waals surface area contributed by atoms with Crippen LogP contribution in [0.15, 0.2) is 12.5 Å². The molecule has 0 amide bonds. The van der Waals surface area contributed by atoms with Crippen molar-refractivity contribution in [2.24, 2.45) is 0 Å². The largest absolute Gasteiger partial charge is 0.383 e. The Balaban J connectivity index is 2.52. The summed E-state index contributed by atoms with van der Waals surface area (Å²) in [5.74, 6) is 1.26. The molecule has 0 atom stereocenters. The summed E-state index contributed by atoms with van der Waals surface area (Å²) < 4.78 is 1.90. The maximum Gasteiger partial charge on any atom is 0.169 e. The van der Waals surface area contributed by atoms with E-state index in [4.69, 9.17) is 5.73 Å². The van der Waals surface area contributed by atoms with E-state index in [1.807, 2.05) is 11.5 Å². The predicted molar refractivity (Wildman–Crippen MR) is 47.7 cm³/mol. The summed E-state index contributed by atoms with van der Waals surface area (Å²) in [4.78, 5) is 0. The average Bonchev–Trinajstić information content (AvgIpc) is 2.71. The van der Waals surface area contributed by atoms with E-state index in [1.54, 1.807) is 12.5 Å². The Morgan fingerprint density at radius 2 is 2.46 bits per heavy atom. The van der Waals surface area contributed by atoms with Crippen molar-refractivity contribution in [1.82, 2.24) is 25.0 Å². The molecule has 2 aromatic heterocycles. The zero-order chi connectivity index (χ0) is 9.26. The molecule has 2 heterocycles. The normalized spacial score (nSPS) is 10.5. The Bertz CT molecular complexity index is 401. The molecule has 6 nitrogen and oxygen atoms in total. The van der Waals surface area contributed by atoms with Gasteiger partial charge in [-0.25, -0.2) is 0 Å². The molecular formula is C7H10N6. The summed E-state index contributed by atoms with van der Waals surface area (Å²) in [6.07, 6.45) is 3.31. The molecule has 3 N–H and O–H groups in total. The van der Waals surface area contributed by atoms with Crippen molar-refractivity contribution in [3.05, 3.63) is 12.5 Å². The molecule has 0 radical (unpaired) electrons. The first-order chi connectivity index (χ1) is 6.33. The molecule has 0 saturated carbocycles. The highest BCUT2D eigenvalue weighted by Crippen LogP contribution is 2.20. The van der Waals surface area contributed by atoms with E-state index in [0.717, 1.165) is 17.9 Å². The van der Waals surface area contributed by atoms with Crippen LogP contribution >= 0.6 is 0 Å². The van der Waals surface area contributed by atoms with Crippen LogP contribution in [0.25, 0.3) is 11.4 Å². The molecule has 0 aliphatic carbocycles. The van der Waals surface area contributed by atoms with Crippen molar-refractivity contribution in [2.75, 3.05) is 5.73 Å². The van der Waals surface area contributed by atoms with Crippen LogP contribution in [0.4, 0.5) is 5.82 Å². The van der Waals surface area contributed by atoms with Gasteiger partial charge in [-0.3, -0.25) is 5.10 Å². The molecular weight excluding hydrogens is 168 g/mol. The van der Waals surface area contributed by atoms with Gasteiger partial charge in [-0.2, -0.15) is 5.10 Å². The van der Waals surface area contributed by atoms with Crippen LogP contribution in [0.2, 0.25) is 0 Å². The highest BCUT2D eigenvalue weighted by atomic mass is 15.3. The van der Waals surface area contributed by atoms with E-state index in [2.05, 4.69) is 20.4 Å². The van der Waals surface area contributed by atoms with Gasteiger partial charge in [0.15, 0.2) is 5.82 Å². The van der Waals surface area contributed by atoms with Crippen molar-refractivity contribution in [3.8, 4) is 11.4 Å². The minimum Gasteiger partial charge on any atom is -0.383 e. The predicted octanol–water partition coefficient (Wildman–Crippen LogP) is 0.270. The second kappa shape index (κ2) is 2.89. The summed E-state index contributed by atoms with van der Waals surface area (Å²) in [7, 11) is 0. The monoisotopic (exact) mass is 178 g/mol. The minimum atomic E-state index is 0.516. The van der Waals surface area contributed by atoms with Gasteiger partial charge in [0.05, 0.1) is 11.8 Å². The van der Waals surface area contributed by atoms with Crippen molar-refractivity contribution < 1.29 is 0 Å². The van der Waals surface area contributed by atoms with Gasteiger partial charge in [0.1, 0.15) is 12.1 Å². The summed E-state index contributed by atoms with van der Waals surface area (Å²) in [6, 6.07) is 0. The lowest BCUT2D eigenvalue weighted by Crippen LogP contribution is -1.97. The third kappa shape index (κ3) is 1.16. The zero-order valence-corrected chi connectivity index (χ0v) is 7.23. The maximum atomic E-state index is 5.66. The lowest BCUT2D eigenvalue weighted by molar-refractivity contribution is 0.767.